The van der Waals surface area contributed by atoms with Crippen LogP contribution in [0.15, 0.2) is 0 Å². The summed E-state index contributed by atoms with van der Waals surface area (Å²) in [5, 5.41) is 19.5. The maximum absolute atomic E-state index is 11.3. The lowest BCUT2D eigenvalue weighted by Crippen LogP contribution is -2.47. The van der Waals surface area contributed by atoms with Crippen LogP contribution in [0.1, 0.15) is 19.8 Å². The Hall–Kier alpha value is -0.690. The zero-order chi connectivity index (χ0) is 11.8. The summed E-state index contributed by atoms with van der Waals surface area (Å²) in [7, 11) is 0. The van der Waals surface area contributed by atoms with Crippen molar-refractivity contribution in [1.82, 2.24) is 0 Å². The molecule has 0 aliphatic carbocycles. The molecular weight excluding hydrogens is 216 g/mol. The molecule has 2 heterocycles. The zero-order valence-corrected chi connectivity index (χ0v) is 9.09. The number of aliphatic hydroxyl groups is 2. The van der Waals surface area contributed by atoms with Crippen molar-refractivity contribution in [2.24, 2.45) is 0 Å². The van der Waals surface area contributed by atoms with Crippen LogP contribution in [0.2, 0.25) is 0 Å². The molecule has 6 nitrogen and oxygen atoms in total. The van der Waals surface area contributed by atoms with Gasteiger partial charge in [0.05, 0.1) is 6.61 Å². The zero-order valence-electron chi connectivity index (χ0n) is 9.09. The highest BCUT2D eigenvalue weighted by atomic mass is 16.7. The molecule has 6 heteroatoms. The number of fused-ring (bicyclic) bond motifs is 1. The lowest BCUT2D eigenvalue weighted by Gasteiger charge is -2.26. The summed E-state index contributed by atoms with van der Waals surface area (Å²) >= 11 is 0. The van der Waals surface area contributed by atoms with Gasteiger partial charge in [0.1, 0.15) is 18.8 Å². The Morgan fingerprint density at radius 3 is 3.00 bits per heavy atom. The van der Waals surface area contributed by atoms with E-state index in [-0.39, 0.29) is 19.6 Å². The number of aliphatic hydroxyl groups excluding tert-OH is 1. The van der Waals surface area contributed by atoms with Crippen molar-refractivity contribution in [3.63, 3.8) is 0 Å². The number of carbonyl (C=O) groups is 1. The third-order valence-electron chi connectivity index (χ3n) is 2.80. The molecule has 0 saturated carbocycles. The van der Waals surface area contributed by atoms with Crippen molar-refractivity contribution in [1.29, 1.82) is 0 Å². The van der Waals surface area contributed by atoms with E-state index in [2.05, 4.69) is 0 Å². The van der Waals surface area contributed by atoms with Gasteiger partial charge < -0.3 is 24.4 Å². The fourth-order valence-electron chi connectivity index (χ4n) is 2.02. The molecule has 0 spiro atoms. The maximum Gasteiger partial charge on any atom is 0.308 e. The van der Waals surface area contributed by atoms with Crippen LogP contribution in [0.25, 0.3) is 0 Å². The first-order chi connectivity index (χ1) is 7.57. The van der Waals surface area contributed by atoms with Gasteiger partial charge in [-0.3, -0.25) is 4.79 Å². The highest BCUT2D eigenvalue weighted by Gasteiger charge is 2.58. The molecule has 16 heavy (non-hydrogen) atoms. The van der Waals surface area contributed by atoms with E-state index in [1.165, 1.54) is 0 Å². The predicted octanol–water partition coefficient (Wildman–Crippen LogP) is -0.823. The Bertz CT molecular complexity index is 280. The number of carbonyl (C=O) groups excluding carboxylic acids is 1. The van der Waals surface area contributed by atoms with Gasteiger partial charge in [-0.15, -0.1) is 0 Å². The second-order valence-corrected chi connectivity index (χ2v) is 4.17. The van der Waals surface area contributed by atoms with Crippen molar-refractivity contribution in [3.05, 3.63) is 0 Å². The molecule has 2 N–H and O–H groups in total. The van der Waals surface area contributed by atoms with Gasteiger partial charge in [0.15, 0.2) is 6.10 Å². The molecule has 0 radical (unpaired) electrons. The molecule has 92 valence electrons. The van der Waals surface area contributed by atoms with E-state index in [1.807, 2.05) is 6.92 Å². The van der Waals surface area contributed by atoms with Crippen molar-refractivity contribution >= 4 is 5.97 Å². The molecule has 0 unspecified atom stereocenters. The van der Waals surface area contributed by atoms with E-state index >= 15 is 0 Å². The van der Waals surface area contributed by atoms with Gasteiger partial charge in [-0.1, -0.05) is 6.92 Å². The highest BCUT2D eigenvalue weighted by Crippen LogP contribution is 2.35. The van der Waals surface area contributed by atoms with Crippen LogP contribution in [0.4, 0.5) is 0 Å². The summed E-state index contributed by atoms with van der Waals surface area (Å²) in [5.41, 5.74) is 0. The van der Waals surface area contributed by atoms with Gasteiger partial charge in [-0.2, -0.15) is 0 Å². The van der Waals surface area contributed by atoms with E-state index in [9.17, 15) is 15.0 Å². The Balaban J connectivity index is 2.00. The van der Waals surface area contributed by atoms with Gasteiger partial charge >= 0.3 is 5.97 Å². The number of ether oxygens (including phenoxy) is 3. The Morgan fingerprint density at radius 2 is 2.31 bits per heavy atom. The standard InChI is InChI=1S/C10H16O6/c1-2-3-7(12)16-10(13)5-15-8-6(11)4-14-9(8)10/h6,8-9,11,13H,2-5H2,1H3/t6-,8-,9+,10+/m1/s1. The minimum absolute atomic E-state index is 0.0863. The van der Waals surface area contributed by atoms with E-state index in [4.69, 9.17) is 14.2 Å². The molecule has 2 rings (SSSR count). The highest BCUT2D eigenvalue weighted by molar-refractivity contribution is 5.69. The quantitative estimate of drug-likeness (QED) is 0.488. The van der Waals surface area contributed by atoms with Crippen LogP contribution >= 0.6 is 0 Å². The Morgan fingerprint density at radius 1 is 1.56 bits per heavy atom. The van der Waals surface area contributed by atoms with Crippen LogP contribution in [0.3, 0.4) is 0 Å². The lowest BCUT2D eigenvalue weighted by molar-refractivity contribution is -0.237. The molecular formula is C10H16O6. The van der Waals surface area contributed by atoms with E-state index in [1.54, 1.807) is 0 Å². The molecule has 2 aliphatic heterocycles. The van der Waals surface area contributed by atoms with Crippen LogP contribution in [0.5, 0.6) is 0 Å². The SMILES string of the molecule is CCCC(=O)O[C@@]1(O)CO[C@@H]2[C@H](O)CO[C@@H]21. The molecule has 0 amide bonds. The minimum Gasteiger partial charge on any atom is -0.428 e. The summed E-state index contributed by atoms with van der Waals surface area (Å²) in [6.45, 7) is 1.77. The summed E-state index contributed by atoms with van der Waals surface area (Å²) in [4.78, 5) is 11.3. The van der Waals surface area contributed by atoms with Crippen LogP contribution in [-0.4, -0.2) is 53.5 Å². The van der Waals surface area contributed by atoms with Crippen molar-refractivity contribution in [3.8, 4) is 0 Å². The first kappa shape index (κ1) is 11.8. The molecule has 2 aliphatic rings. The van der Waals surface area contributed by atoms with Gasteiger partial charge in [-0.25, -0.2) is 0 Å². The van der Waals surface area contributed by atoms with E-state index in [0.717, 1.165) is 0 Å². The molecule has 0 bridgehead atoms. The van der Waals surface area contributed by atoms with Crippen molar-refractivity contribution in [2.45, 2.75) is 43.9 Å². The minimum atomic E-state index is -1.76. The summed E-state index contributed by atoms with van der Waals surface area (Å²) < 4.78 is 15.3. The molecule has 0 aromatic rings. The first-order valence-electron chi connectivity index (χ1n) is 5.42. The summed E-state index contributed by atoms with van der Waals surface area (Å²) in [5.74, 6) is -2.24. The van der Waals surface area contributed by atoms with Crippen molar-refractivity contribution in [2.75, 3.05) is 13.2 Å². The Kier molecular flexibility index (Phi) is 3.16. The molecule has 0 aromatic heterocycles. The normalized spacial score (nSPS) is 42.1. The largest absolute Gasteiger partial charge is 0.428 e. The van der Waals surface area contributed by atoms with Gasteiger partial charge in [-0.05, 0) is 6.42 Å². The van der Waals surface area contributed by atoms with Gasteiger partial charge in [0.25, 0.3) is 5.79 Å². The molecule has 4 atom stereocenters. The lowest BCUT2D eigenvalue weighted by atomic mass is 10.1. The summed E-state index contributed by atoms with van der Waals surface area (Å²) in [6.07, 6.45) is -1.29. The predicted molar refractivity (Wildman–Crippen MR) is 51.4 cm³/mol. The number of rotatable bonds is 3. The fraction of sp³-hybridized carbons (Fsp3) is 0.900. The van der Waals surface area contributed by atoms with Gasteiger partial charge in [0, 0.05) is 6.42 Å². The smallest absolute Gasteiger partial charge is 0.308 e. The average Bonchev–Trinajstić information content (AvgIpc) is 2.71. The number of hydrogen-bond donors (Lipinski definition) is 2. The molecule has 2 fully saturated rings. The molecule has 0 aromatic carbocycles. The summed E-state index contributed by atoms with van der Waals surface area (Å²) in [6, 6.07) is 0. The van der Waals surface area contributed by atoms with Crippen LogP contribution in [0, 0.1) is 0 Å². The maximum atomic E-state index is 11.3. The van der Waals surface area contributed by atoms with Crippen LogP contribution < -0.4 is 0 Å². The second kappa shape index (κ2) is 4.29. The monoisotopic (exact) mass is 232 g/mol. The third-order valence-corrected chi connectivity index (χ3v) is 2.80. The van der Waals surface area contributed by atoms with E-state index in [0.29, 0.717) is 6.42 Å². The molecule has 2 saturated heterocycles. The second-order valence-electron chi connectivity index (χ2n) is 4.17. The fourth-order valence-corrected chi connectivity index (χ4v) is 2.02. The van der Waals surface area contributed by atoms with Crippen molar-refractivity contribution < 1.29 is 29.2 Å². The topological polar surface area (TPSA) is 85.2 Å². The first-order valence-corrected chi connectivity index (χ1v) is 5.42. The van der Waals surface area contributed by atoms with E-state index < -0.39 is 30.1 Å². The Labute approximate surface area is 93.1 Å². The average molecular weight is 232 g/mol. The third kappa shape index (κ3) is 1.93. The van der Waals surface area contributed by atoms with Crippen LogP contribution in [-0.2, 0) is 19.0 Å². The number of esters is 1. The number of hydrogen-bond acceptors (Lipinski definition) is 6. The van der Waals surface area contributed by atoms with Gasteiger partial charge in [0.2, 0.25) is 0 Å².